The van der Waals surface area contributed by atoms with Crippen molar-refractivity contribution in [2.24, 2.45) is 0 Å². The number of anilines is 2. The minimum absolute atomic E-state index is 0.506. The van der Waals surface area contributed by atoms with Crippen molar-refractivity contribution in [2.45, 2.75) is 52.9 Å². The van der Waals surface area contributed by atoms with Gasteiger partial charge in [-0.2, -0.15) is 4.98 Å². The predicted molar refractivity (Wildman–Crippen MR) is 79.6 cm³/mol. The van der Waals surface area contributed by atoms with Crippen molar-refractivity contribution < 1.29 is 4.74 Å². The minimum atomic E-state index is 0.506. The standard InChI is InChI=1S/C14H26N4O/c1-4-7-8-9-16-13-12(15)14(19-10-5-2)18-11(6-3)17-13/h4-10,15H2,1-3H3,(H,16,17,18). The fourth-order valence-corrected chi connectivity index (χ4v) is 1.68. The van der Waals surface area contributed by atoms with Crippen LogP contribution < -0.4 is 15.8 Å². The Balaban J connectivity index is 2.76. The SMILES string of the molecule is CCCCCNc1nc(CC)nc(OCCC)c1N. The molecular formula is C14H26N4O. The van der Waals surface area contributed by atoms with Crippen molar-refractivity contribution in [3.8, 4) is 5.88 Å². The van der Waals surface area contributed by atoms with Crippen molar-refractivity contribution in [3.05, 3.63) is 5.82 Å². The highest BCUT2D eigenvalue weighted by molar-refractivity contribution is 5.66. The van der Waals surface area contributed by atoms with E-state index < -0.39 is 0 Å². The molecule has 0 amide bonds. The third-order valence-electron chi connectivity index (χ3n) is 2.79. The van der Waals surface area contributed by atoms with E-state index in [-0.39, 0.29) is 0 Å². The number of hydrogen-bond acceptors (Lipinski definition) is 5. The van der Waals surface area contributed by atoms with Gasteiger partial charge in [0.25, 0.3) is 0 Å². The molecular weight excluding hydrogens is 240 g/mol. The van der Waals surface area contributed by atoms with Crippen LogP contribution in [0.1, 0.15) is 52.3 Å². The van der Waals surface area contributed by atoms with Crippen molar-refractivity contribution in [1.29, 1.82) is 0 Å². The minimum Gasteiger partial charge on any atom is -0.476 e. The highest BCUT2D eigenvalue weighted by Crippen LogP contribution is 2.26. The number of unbranched alkanes of at least 4 members (excludes halogenated alkanes) is 2. The first-order valence-electron chi connectivity index (χ1n) is 7.25. The summed E-state index contributed by atoms with van der Waals surface area (Å²) in [6.45, 7) is 7.77. The predicted octanol–water partition coefficient (Wildman–Crippen LogP) is 3.01. The molecule has 19 heavy (non-hydrogen) atoms. The van der Waals surface area contributed by atoms with Crippen LogP contribution in [-0.4, -0.2) is 23.1 Å². The molecule has 5 heteroatoms. The molecule has 1 aromatic heterocycles. The zero-order chi connectivity index (χ0) is 14.1. The maximum Gasteiger partial charge on any atom is 0.242 e. The van der Waals surface area contributed by atoms with Crippen LogP contribution in [0.5, 0.6) is 5.88 Å². The molecule has 0 atom stereocenters. The summed E-state index contributed by atoms with van der Waals surface area (Å²) in [5, 5.41) is 3.28. The Kier molecular flexibility index (Phi) is 7.00. The van der Waals surface area contributed by atoms with Gasteiger partial charge in [0, 0.05) is 13.0 Å². The zero-order valence-corrected chi connectivity index (χ0v) is 12.3. The lowest BCUT2D eigenvalue weighted by Gasteiger charge is -2.13. The first-order valence-corrected chi connectivity index (χ1v) is 7.25. The lowest BCUT2D eigenvalue weighted by Crippen LogP contribution is -2.11. The van der Waals surface area contributed by atoms with E-state index in [0.717, 1.165) is 31.6 Å². The number of rotatable bonds is 9. The summed E-state index contributed by atoms with van der Waals surface area (Å²) in [6, 6.07) is 0. The van der Waals surface area contributed by atoms with Crippen LogP contribution >= 0.6 is 0 Å². The van der Waals surface area contributed by atoms with Crippen LogP contribution in [-0.2, 0) is 6.42 Å². The lowest BCUT2D eigenvalue weighted by atomic mass is 10.2. The van der Waals surface area contributed by atoms with E-state index in [1.807, 2.05) is 6.92 Å². The van der Waals surface area contributed by atoms with Crippen LogP contribution in [0.25, 0.3) is 0 Å². The molecule has 0 radical (unpaired) electrons. The Morgan fingerprint density at radius 1 is 1.11 bits per heavy atom. The Bertz CT molecular complexity index is 382. The van der Waals surface area contributed by atoms with Crippen molar-refractivity contribution >= 4 is 11.5 Å². The molecule has 0 unspecified atom stereocenters. The Hall–Kier alpha value is -1.52. The third-order valence-corrected chi connectivity index (χ3v) is 2.79. The van der Waals surface area contributed by atoms with Gasteiger partial charge < -0.3 is 15.8 Å². The van der Waals surface area contributed by atoms with E-state index in [9.17, 15) is 0 Å². The molecule has 3 N–H and O–H groups in total. The second kappa shape index (κ2) is 8.56. The van der Waals surface area contributed by atoms with Crippen LogP contribution in [0.2, 0.25) is 0 Å². The number of nitrogens with one attached hydrogen (secondary N) is 1. The van der Waals surface area contributed by atoms with Gasteiger partial charge in [-0.1, -0.05) is 33.6 Å². The molecule has 108 valence electrons. The number of aromatic nitrogens is 2. The molecule has 0 aromatic carbocycles. The highest BCUT2D eigenvalue weighted by Gasteiger charge is 2.11. The zero-order valence-electron chi connectivity index (χ0n) is 12.3. The van der Waals surface area contributed by atoms with E-state index in [1.54, 1.807) is 0 Å². The Morgan fingerprint density at radius 2 is 1.89 bits per heavy atom. The summed E-state index contributed by atoms with van der Waals surface area (Å²) in [5.41, 5.74) is 6.57. The fraction of sp³-hybridized carbons (Fsp3) is 0.714. The summed E-state index contributed by atoms with van der Waals surface area (Å²) in [6.07, 6.45) is 5.23. The molecule has 0 spiro atoms. The largest absolute Gasteiger partial charge is 0.476 e. The van der Waals surface area contributed by atoms with E-state index in [1.165, 1.54) is 12.8 Å². The average Bonchev–Trinajstić information content (AvgIpc) is 2.43. The quantitative estimate of drug-likeness (QED) is 0.672. The van der Waals surface area contributed by atoms with E-state index in [4.69, 9.17) is 10.5 Å². The molecule has 0 saturated heterocycles. The van der Waals surface area contributed by atoms with Gasteiger partial charge in [-0.05, 0) is 12.8 Å². The number of nitrogen functional groups attached to an aromatic ring is 1. The maximum atomic E-state index is 6.05. The smallest absolute Gasteiger partial charge is 0.242 e. The molecule has 0 aliphatic carbocycles. The van der Waals surface area contributed by atoms with E-state index in [0.29, 0.717) is 24.0 Å². The highest BCUT2D eigenvalue weighted by atomic mass is 16.5. The van der Waals surface area contributed by atoms with Gasteiger partial charge in [0.05, 0.1) is 6.61 Å². The second-order valence-electron chi connectivity index (χ2n) is 4.54. The number of nitrogens with two attached hydrogens (primary N) is 1. The first-order chi connectivity index (χ1) is 9.22. The van der Waals surface area contributed by atoms with Gasteiger partial charge in [0.1, 0.15) is 11.5 Å². The normalized spacial score (nSPS) is 10.5. The maximum absolute atomic E-state index is 6.05. The van der Waals surface area contributed by atoms with E-state index >= 15 is 0 Å². The fourth-order valence-electron chi connectivity index (χ4n) is 1.68. The number of nitrogens with zero attached hydrogens (tertiary/aromatic N) is 2. The van der Waals surface area contributed by atoms with Crippen LogP contribution in [0, 0.1) is 0 Å². The summed E-state index contributed by atoms with van der Waals surface area (Å²) in [7, 11) is 0. The molecule has 0 saturated carbocycles. The summed E-state index contributed by atoms with van der Waals surface area (Å²) < 4.78 is 5.58. The Labute approximate surface area is 116 Å². The van der Waals surface area contributed by atoms with Gasteiger partial charge in [-0.3, -0.25) is 0 Å². The van der Waals surface area contributed by atoms with Gasteiger partial charge in [-0.25, -0.2) is 4.98 Å². The third kappa shape index (κ3) is 4.93. The van der Waals surface area contributed by atoms with Crippen molar-refractivity contribution in [1.82, 2.24) is 9.97 Å². The summed E-state index contributed by atoms with van der Waals surface area (Å²) in [4.78, 5) is 8.76. The first kappa shape index (κ1) is 15.5. The molecule has 0 bridgehead atoms. The number of hydrogen-bond donors (Lipinski definition) is 2. The van der Waals surface area contributed by atoms with Crippen molar-refractivity contribution in [2.75, 3.05) is 24.2 Å². The van der Waals surface area contributed by atoms with Gasteiger partial charge >= 0.3 is 0 Å². The molecule has 0 aliphatic heterocycles. The van der Waals surface area contributed by atoms with Gasteiger partial charge in [0.2, 0.25) is 5.88 Å². The van der Waals surface area contributed by atoms with Crippen LogP contribution in [0.4, 0.5) is 11.5 Å². The summed E-state index contributed by atoms with van der Waals surface area (Å²) >= 11 is 0. The average molecular weight is 266 g/mol. The molecule has 1 rings (SSSR count). The Morgan fingerprint density at radius 3 is 2.53 bits per heavy atom. The van der Waals surface area contributed by atoms with Gasteiger partial charge in [0.15, 0.2) is 5.82 Å². The monoisotopic (exact) mass is 266 g/mol. The van der Waals surface area contributed by atoms with Crippen molar-refractivity contribution in [3.63, 3.8) is 0 Å². The molecule has 5 nitrogen and oxygen atoms in total. The second-order valence-corrected chi connectivity index (χ2v) is 4.54. The van der Waals surface area contributed by atoms with E-state index in [2.05, 4.69) is 29.1 Å². The number of aryl methyl sites for hydroxylation is 1. The summed E-state index contributed by atoms with van der Waals surface area (Å²) in [5.74, 6) is 1.97. The topological polar surface area (TPSA) is 73.1 Å². The lowest BCUT2D eigenvalue weighted by molar-refractivity contribution is 0.305. The van der Waals surface area contributed by atoms with Gasteiger partial charge in [-0.15, -0.1) is 0 Å². The van der Waals surface area contributed by atoms with Crippen LogP contribution in [0.3, 0.4) is 0 Å². The van der Waals surface area contributed by atoms with Crippen LogP contribution in [0.15, 0.2) is 0 Å². The number of ether oxygens (including phenoxy) is 1. The molecule has 1 aromatic rings. The molecule has 1 heterocycles. The molecule has 0 fully saturated rings. The molecule has 0 aliphatic rings.